The predicted octanol–water partition coefficient (Wildman–Crippen LogP) is 7.16. The number of carbonyl (C=O) groups is 2. The summed E-state index contributed by atoms with van der Waals surface area (Å²) < 4.78 is 13.2. The Morgan fingerprint density at radius 1 is 0.925 bits per heavy atom. The smallest absolute Gasteiger partial charge is 0.419 e. The van der Waals surface area contributed by atoms with Crippen molar-refractivity contribution in [1.29, 1.82) is 0 Å². The lowest BCUT2D eigenvalue weighted by molar-refractivity contribution is -0.152. The fraction of sp³-hybridized carbons (Fsp3) is 0.353. The fourth-order valence-electron chi connectivity index (χ4n) is 5.75. The largest absolute Gasteiger partial charge is 0.460 e. The average molecular weight is 539 g/mol. The van der Waals surface area contributed by atoms with E-state index >= 15 is 0 Å². The maximum Gasteiger partial charge on any atom is 0.419 e. The normalized spacial score (nSPS) is 18.5. The number of esters is 1. The first kappa shape index (κ1) is 27.7. The Morgan fingerprint density at radius 2 is 1.57 bits per heavy atom. The zero-order chi connectivity index (χ0) is 28.3. The van der Waals surface area contributed by atoms with Crippen LogP contribution in [-0.2, 0) is 27.3 Å². The molecule has 3 atom stereocenters. The van der Waals surface area contributed by atoms with Crippen LogP contribution in [0.2, 0.25) is 0 Å². The molecule has 0 saturated carbocycles. The third-order valence-corrected chi connectivity index (χ3v) is 7.67. The van der Waals surface area contributed by atoms with Gasteiger partial charge in [-0.05, 0) is 75.8 Å². The van der Waals surface area contributed by atoms with Crippen molar-refractivity contribution >= 4 is 23.0 Å². The SMILES string of the molecule is C[C@@H](c1ccccc1)N1CC[C@@H](Cc2cn(C(=O)OC(C)(C)C)c3ccccc23)[C@H]1C(=O)OCc1ccccc1. The Balaban J connectivity index is 1.44. The Bertz CT molecular complexity index is 1460. The van der Waals surface area contributed by atoms with Crippen LogP contribution in [0.3, 0.4) is 0 Å². The predicted molar refractivity (Wildman–Crippen MR) is 157 cm³/mol. The number of ether oxygens (including phenoxy) is 2. The summed E-state index contributed by atoms with van der Waals surface area (Å²) in [4.78, 5) is 29.1. The van der Waals surface area contributed by atoms with Gasteiger partial charge in [0.2, 0.25) is 0 Å². The van der Waals surface area contributed by atoms with Gasteiger partial charge in [0.25, 0.3) is 0 Å². The molecule has 0 unspecified atom stereocenters. The molecule has 0 bridgehead atoms. The van der Waals surface area contributed by atoms with Gasteiger partial charge in [0.05, 0.1) is 5.52 Å². The molecule has 5 rings (SSSR count). The lowest BCUT2D eigenvalue weighted by atomic mass is 9.91. The van der Waals surface area contributed by atoms with E-state index in [9.17, 15) is 9.59 Å². The van der Waals surface area contributed by atoms with Gasteiger partial charge in [0.1, 0.15) is 18.2 Å². The van der Waals surface area contributed by atoms with E-state index in [1.807, 2.05) is 99.8 Å². The van der Waals surface area contributed by atoms with Crippen LogP contribution in [0.1, 0.15) is 56.8 Å². The number of aromatic nitrogens is 1. The first-order chi connectivity index (χ1) is 19.2. The van der Waals surface area contributed by atoms with E-state index < -0.39 is 17.7 Å². The van der Waals surface area contributed by atoms with Crippen molar-refractivity contribution in [3.63, 3.8) is 0 Å². The Morgan fingerprint density at radius 3 is 2.27 bits per heavy atom. The number of nitrogens with zero attached hydrogens (tertiary/aromatic N) is 2. The number of fused-ring (bicyclic) bond motifs is 1. The van der Waals surface area contributed by atoms with Crippen molar-refractivity contribution in [2.45, 2.75) is 64.8 Å². The molecule has 3 aromatic carbocycles. The molecule has 2 heterocycles. The standard InChI is InChI=1S/C34H38N2O4/c1-24(26-15-9-6-10-16-26)35-20-19-27(31(35)32(37)39-23-25-13-7-5-8-14-25)21-28-22-36(33(38)40-34(2,3)4)30-18-12-11-17-29(28)30/h5-18,22,24,27,31H,19-21,23H2,1-4H3/t24-,27-,31-/m0/s1. The van der Waals surface area contributed by atoms with Crippen LogP contribution >= 0.6 is 0 Å². The monoisotopic (exact) mass is 538 g/mol. The average Bonchev–Trinajstić information content (AvgIpc) is 3.54. The number of rotatable bonds is 7. The maximum absolute atomic E-state index is 13.8. The fourth-order valence-corrected chi connectivity index (χ4v) is 5.75. The van der Waals surface area contributed by atoms with Gasteiger partial charge in [-0.3, -0.25) is 14.3 Å². The minimum absolute atomic E-state index is 0.0346. The van der Waals surface area contributed by atoms with Gasteiger partial charge in [-0.15, -0.1) is 0 Å². The number of benzene rings is 3. The van der Waals surface area contributed by atoms with Gasteiger partial charge in [-0.2, -0.15) is 0 Å². The molecule has 1 fully saturated rings. The van der Waals surface area contributed by atoms with E-state index in [1.165, 1.54) is 5.56 Å². The van der Waals surface area contributed by atoms with E-state index in [0.29, 0.717) is 6.42 Å². The summed E-state index contributed by atoms with van der Waals surface area (Å²) in [5.74, 6) is -0.169. The zero-order valence-corrected chi connectivity index (χ0v) is 23.7. The lowest BCUT2D eigenvalue weighted by Gasteiger charge is -2.32. The second-order valence-electron chi connectivity index (χ2n) is 11.6. The van der Waals surface area contributed by atoms with Crippen LogP contribution in [0.5, 0.6) is 0 Å². The minimum Gasteiger partial charge on any atom is -0.460 e. The van der Waals surface area contributed by atoms with Crippen molar-refractivity contribution in [3.05, 3.63) is 108 Å². The molecule has 1 saturated heterocycles. The molecule has 4 aromatic rings. The molecule has 40 heavy (non-hydrogen) atoms. The van der Waals surface area contributed by atoms with Crippen LogP contribution in [0.25, 0.3) is 10.9 Å². The van der Waals surface area contributed by atoms with Gasteiger partial charge in [-0.1, -0.05) is 78.9 Å². The quantitative estimate of drug-likeness (QED) is 0.234. The topological polar surface area (TPSA) is 60.8 Å². The van der Waals surface area contributed by atoms with Gasteiger partial charge >= 0.3 is 12.1 Å². The Hall–Kier alpha value is -3.90. The number of carbonyl (C=O) groups excluding carboxylic acids is 2. The molecule has 208 valence electrons. The molecule has 0 aliphatic carbocycles. The van der Waals surface area contributed by atoms with Crippen molar-refractivity contribution in [1.82, 2.24) is 9.47 Å². The van der Waals surface area contributed by atoms with E-state index in [2.05, 4.69) is 24.0 Å². The first-order valence-electron chi connectivity index (χ1n) is 14.0. The first-order valence-corrected chi connectivity index (χ1v) is 14.0. The van der Waals surface area contributed by atoms with Crippen molar-refractivity contribution in [2.24, 2.45) is 5.92 Å². The van der Waals surface area contributed by atoms with Crippen LogP contribution in [-0.4, -0.2) is 39.7 Å². The molecular formula is C34H38N2O4. The summed E-state index contributed by atoms with van der Waals surface area (Å²) in [6.45, 7) is 8.78. The van der Waals surface area contributed by atoms with E-state index in [1.54, 1.807) is 4.57 Å². The molecule has 1 aromatic heterocycles. The summed E-state index contributed by atoms with van der Waals surface area (Å²) in [6.07, 6.45) is 2.99. The molecule has 0 amide bonds. The van der Waals surface area contributed by atoms with E-state index in [-0.39, 0.29) is 24.5 Å². The highest BCUT2D eigenvalue weighted by Gasteiger charge is 2.43. The number of hydrogen-bond acceptors (Lipinski definition) is 5. The Labute approximate surface area is 236 Å². The second kappa shape index (κ2) is 11.7. The third-order valence-electron chi connectivity index (χ3n) is 7.67. The molecule has 1 aliphatic rings. The van der Waals surface area contributed by atoms with Crippen molar-refractivity contribution in [3.8, 4) is 0 Å². The minimum atomic E-state index is -0.601. The van der Waals surface area contributed by atoms with Gasteiger partial charge in [0, 0.05) is 17.6 Å². The second-order valence-corrected chi connectivity index (χ2v) is 11.6. The summed E-state index contributed by atoms with van der Waals surface area (Å²) >= 11 is 0. The summed E-state index contributed by atoms with van der Waals surface area (Å²) in [7, 11) is 0. The van der Waals surface area contributed by atoms with Crippen molar-refractivity contribution in [2.75, 3.05) is 6.54 Å². The number of para-hydroxylation sites is 1. The highest BCUT2D eigenvalue weighted by atomic mass is 16.6. The number of hydrogen-bond donors (Lipinski definition) is 0. The molecular weight excluding hydrogens is 500 g/mol. The van der Waals surface area contributed by atoms with Crippen molar-refractivity contribution < 1.29 is 19.1 Å². The lowest BCUT2D eigenvalue weighted by Crippen LogP contribution is -2.42. The van der Waals surface area contributed by atoms with Gasteiger partial charge < -0.3 is 9.47 Å². The van der Waals surface area contributed by atoms with E-state index in [0.717, 1.165) is 35.0 Å². The van der Waals surface area contributed by atoms with Crippen LogP contribution in [0.15, 0.2) is 91.1 Å². The van der Waals surface area contributed by atoms with E-state index in [4.69, 9.17) is 9.47 Å². The molecule has 6 nitrogen and oxygen atoms in total. The van der Waals surface area contributed by atoms with Gasteiger partial charge in [-0.25, -0.2) is 4.79 Å². The number of likely N-dealkylation sites (tertiary alicyclic amines) is 1. The van der Waals surface area contributed by atoms with Gasteiger partial charge in [0.15, 0.2) is 0 Å². The molecule has 0 spiro atoms. The summed E-state index contributed by atoms with van der Waals surface area (Å²) in [5.41, 5.74) is 3.37. The highest BCUT2D eigenvalue weighted by molar-refractivity contribution is 5.92. The summed E-state index contributed by atoms with van der Waals surface area (Å²) in [5, 5.41) is 0.999. The Kier molecular flexibility index (Phi) is 8.08. The molecule has 0 radical (unpaired) electrons. The zero-order valence-electron chi connectivity index (χ0n) is 23.7. The summed E-state index contributed by atoms with van der Waals surface area (Å²) in [6, 6.07) is 27.6. The van der Waals surface area contributed by atoms with Crippen LogP contribution in [0, 0.1) is 5.92 Å². The molecule has 1 aliphatic heterocycles. The highest BCUT2D eigenvalue weighted by Crippen LogP contribution is 2.37. The van der Waals surface area contributed by atoms with Crippen LogP contribution in [0.4, 0.5) is 4.79 Å². The third kappa shape index (κ3) is 6.13. The van der Waals surface area contributed by atoms with Crippen LogP contribution < -0.4 is 0 Å². The molecule has 0 N–H and O–H groups in total. The molecule has 6 heteroatoms. The maximum atomic E-state index is 13.8.